The van der Waals surface area contributed by atoms with Gasteiger partial charge in [0.2, 0.25) is 0 Å². The quantitative estimate of drug-likeness (QED) is 0.178. The maximum absolute atomic E-state index is 6.63. The van der Waals surface area contributed by atoms with Crippen LogP contribution in [-0.4, -0.2) is 15.0 Å². The highest BCUT2D eigenvalue weighted by molar-refractivity contribution is 5.90. The minimum atomic E-state index is -0.520. The Bertz CT molecular complexity index is 3290. The molecule has 63 heavy (non-hydrogen) atoms. The van der Waals surface area contributed by atoms with Crippen molar-refractivity contribution in [2.45, 2.75) is 62.2 Å². The standard InChI is InChI=1S/C59H45N3O/c1-56(2)44-16-5-3-14-40(44)42-25-23-37(29-48(42)56)54-60-53(61-55(62-54)57-31-39-27-38-30-58(39,33-57)50(38)32-57)36-13-11-12-34(26-36)35-22-24-43-41-15-4-6-17-45(41)59(49(43)28-35)46-18-7-9-20-51(46)63-52-21-10-8-19-47(52)59/h3-26,28-29,38-39,50H,27,30-33H2,1-2H3/t38?,39-,50?,57?,58?/m0/s1. The normalized spacial score (nSPS) is 25.7. The average molecular weight is 812 g/mol. The molecule has 8 aromatic rings. The minimum absolute atomic E-state index is 0.0382. The van der Waals surface area contributed by atoms with Gasteiger partial charge in [0.1, 0.15) is 17.3 Å². The fraction of sp³-hybridized carbons (Fsp3) is 0.237. The Kier molecular flexibility index (Phi) is 6.46. The first-order valence-electron chi connectivity index (χ1n) is 23.1. The zero-order valence-corrected chi connectivity index (χ0v) is 35.5. The smallest absolute Gasteiger partial charge is 0.163 e. The van der Waals surface area contributed by atoms with Crippen LogP contribution >= 0.6 is 0 Å². The van der Waals surface area contributed by atoms with Crippen LogP contribution in [0.4, 0.5) is 0 Å². The number of rotatable bonds is 4. The van der Waals surface area contributed by atoms with Gasteiger partial charge >= 0.3 is 0 Å². The van der Waals surface area contributed by atoms with E-state index in [0.29, 0.717) is 5.41 Å². The van der Waals surface area contributed by atoms with Gasteiger partial charge in [-0.2, -0.15) is 0 Å². The van der Waals surface area contributed by atoms with Crippen molar-refractivity contribution < 1.29 is 4.74 Å². The SMILES string of the molecule is CC1(C)c2ccccc2-c2ccc(-c3nc(-c4cccc(-c5ccc6c(c5)C5(c7ccccc7Oc7ccccc75)c5ccccc5-6)c4)nc(C45CC6C7C[C@@H](C4)C6(C7)C5)n3)cc21. The lowest BCUT2D eigenvalue weighted by atomic mass is 9.60. The largest absolute Gasteiger partial charge is 0.457 e. The van der Waals surface area contributed by atoms with E-state index in [1.807, 2.05) is 0 Å². The average Bonchev–Trinajstić information content (AvgIpc) is 4.10. The van der Waals surface area contributed by atoms with Crippen molar-refractivity contribution >= 4 is 0 Å². The van der Waals surface area contributed by atoms with E-state index < -0.39 is 5.41 Å². The van der Waals surface area contributed by atoms with Crippen LogP contribution in [0.1, 0.15) is 85.2 Å². The van der Waals surface area contributed by atoms with E-state index in [2.05, 4.69) is 172 Å². The van der Waals surface area contributed by atoms with Gasteiger partial charge in [0.25, 0.3) is 0 Å². The number of para-hydroxylation sites is 2. The van der Waals surface area contributed by atoms with Gasteiger partial charge in [-0.25, -0.2) is 15.0 Å². The topological polar surface area (TPSA) is 47.9 Å². The molecule has 2 spiro atoms. The van der Waals surface area contributed by atoms with Crippen LogP contribution < -0.4 is 4.74 Å². The van der Waals surface area contributed by atoms with E-state index in [1.54, 1.807) is 0 Å². The third kappa shape index (κ3) is 4.26. The molecule has 4 heteroatoms. The van der Waals surface area contributed by atoms with Crippen molar-refractivity contribution in [3.63, 3.8) is 0 Å². The lowest BCUT2D eigenvalue weighted by Crippen LogP contribution is -2.38. The Morgan fingerprint density at radius 2 is 1.05 bits per heavy atom. The van der Waals surface area contributed by atoms with Gasteiger partial charge in [0, 0.05) is 33.1 Å². The van der Waals surface area contributed by atoms with E-state index in [9.17, 15) is 0 Å². The molecule has 3 bridgehead atoms. The molecular formula is C59H45N3O. The molecule has 2 heterocycles. The summed E-state index contributed by atoms with van der Waals surface area (Å²) >= 11 is 0. The highest BCUT2D eigenvalue weighted by Gasteiger charge is 2.77. The van der Waals surface area contributed by atoms with E-state index in [0.717, 1.165) is 63.4 Å². The van der Waals surface area contributed by atoms with Gasteiger partial charge in [-0.3, -0.25) is 0 Å². The summed E-state index contributed by atoms with van der Waals surface area (Å²) in [6.07, 6.45) is 6.55. The molecule has 5 atom stereocenters. The summed E-state index contributed by atoms with van der Waals surface area (Å²) in [4.78, 5) is 16.5. The predicted molar refractivity (Wildman–Crippen MR) is 249 cm³/mol. The fourth-order valence-corrected chi connectivity index (χ4v) is 15.0. The van der Waals surface area contributed by atoms with Gasteiger partial charge in [0.05, 0.1) is 5.41 Å². The predicted octanol–water partition coefficient (Wildman–Crippen LogP) is 13.7. The molecule has 4 unspecified atom stereocenters. The van der Waals surface area contributed by atoms with Crippen molar-refractivity contribution in [1.29, 1.82) is 0 Å². The summed E-state index contributed by atoms with van der Waals surface area (Å²) in [5, 5.41) is 0. The number of hydrogen-bond acceptors (Lipinski definition) is 4. The number of benzene rings is 7. The van der Waals surface area contributed by atoms with Gasteiger partial charge in [-0.15, -0.1) is 0 Å². The zero-order valence-electron chi connectivity index (χ0n) is 35.5. The Labute approximate surface area is 368 Å². The summed E-state index contributed by atoms with van der Waals surface area (Å²) in [5.41, 5.74) is 17.2. The van der Waals surface area contributed by atoms with E-state index in [1.165, 1.54) is 93.3 Å². The summed E-state index contributed by atoms with van der Waals surface area (Å²) in [7, 11) is 0. The molecule has 0 N–H and O–H groups in total. The summed E-state index contributed by atoms with van der Waals surface area (Å²) in [6, 6.07) is 58.0. The van der Waals surface area contributed by atoms with Gasteiger partial charge in [0.15, 0.2) is 11.6 Å². The molecule has 4 nitrogen and oxygen atoms in total. The molecule has 7 aliphatic carbocycles. The maximum atomic E-state index is 6.63. The second kappa shape index (κ2) is 11.7. The van der Waals surface area contributed by atoms with E-state index in [-0.39, 0.29) is 10.8 Å². The molecule has 5 fully saturated rings. The zero-order chi connectivity index (χ0) is 41.5. The van der Waals surface area contributed by atoms with Gasteiger partial charge in [-0.1, -0.05) is 141 Å². The second-order valence-electron chi connectivity index (χ2n) is 20.6. The van der Waals surface area contributed by atoms with Crippen molar-refractivity contribution in [2.24, 2.45) is 23.2 Å². The monoisotopic (exact) mass is 811 g/mol. The van der Waals surface area contributed by atoms with Crippen LogP contribution in [0.2, 0.25) is 0 Å². The molecule has 1 aliphatic heterocycles. The maximum Gasteiger partial charge on any atom is 0.163 e. The van der Waals surface area contributed by atoms with E-state index >= 15 is 0 Å². The first-order chi connectivity index (χ1) is 30.8. The van der Waals surface area contributed by atoms with Crippen LogP contribution in [0.5, 0.6) is 11.5 Å². The summed E-state index contributed by atoms with van der Waals surface area (Å²) in [5.74, 6) is 7.02. The van der Waals surface area contributed by atoms with Gasteiger partial charge < -0.3 is 4.74 Å². The van der Waals surface area contributed by atoms with Crippen molar-refractivity contribution in [3.8, 4) is 67.7 Å². The van der Waals surface area contributed by atoms with Crippen LogP contribution in [-0.2, 0) is 16.2 Å². The first kappa shape index (κ1) is 34.9. The number of fused-ring (bicyclic) bond motifs is 13. The molecule has 8 aliphatic rings. The number of hydrogen-bond donors (Lipinski definition) is 0. The molecule has 5 saturated carbocycles. The Morgan fingerprint density at radius 3 is 1.78 bits per heavy atom. The number of aromatic nitrogens is 3. The molecule has 0 radical (unpaired) electrons. The van der Waals surface area contributed by atoms with Gasteiger partial charge in [-0.05, 0) is 141 Å². The van der Waals surface area contributed by atoms with Crippen molar-refractivity contribution in [2.75, 3.05) is 0 Å². The van der Waals surface area contributed by atoms with E-state index in [4.69, 9.17) is 19.7 Å². The first-order valence-corrected chi connectivity index (χ1v) is 23.1. The Hall–Kier alpha value is -6.65. The van der Waals surface area contributed by atoms with Crippen LogP contribution in [0.3, 0.4) is 0 Å². The fourth-order valence-electron chi connectivity index (χ4n) is 15.0. The molecule has 16 rings (SSSR count). The molecular weight excluding hydrogens is 767 g/mol. The van der Waals surface area contributed by atoms with Crippen molar-refractivity contribution in [3.05, 3.63) is 197 Å². The third-order valence-corrected chi connectivity index (χ3v) is 17.5. The minimum Gasteiger partial charge on any atom is -0.457 e. The molecule has 1 aromatic heterocycles. The Morgan fingerprint density at radius 1 is 0.476 bits per heavy atom. The third-order valence-electron chi connectivity index (χ3n) is 17.5. The second-order valence-corrected chi connectivity index (χ2v) is 20.6. The lowest BCUT2D eigenvalue weighted by Gasteiger charge is -2.45. The van der Waals surface area contributed by atoms with Crippen LogP contribution in [0.15, 0.2) is 158 Å². The molecule has 0 saturated heterocycles. The summed E-state index contributed by atoms with van der Waals surface area (Å²) < 4.78 is 6.63. The molecule has 7 aromatic carbocycles. The lowest BCUT2D eigenvalue weighted by molar-refractivity contribution is 0.0379. The Balaban J connectivity index is 0.893. The molecule has 0 amide bonds. The summed E-state index contributed by atoms with van der Waals surface area (Å²) in [6.45, 7) is 4.71. The highest BCUT2D eigenvalue weighted by Crippen LogP contribution is 2.83. The van der Waals surface area contributed by atoms with Crippen molar-refractivity contribution in [1.82, 2.24) is 15.0 Å². The number of nitrogens with zero attached hydrogens (tertiary/aromatic N) is 3. The molecule has 302 valence electrons. The van der Waals surface area contributed by atoms with Crippen LogP contribution in [0.25, 0.3) is 56.2 Å². The highest BCUT2D eigenvalue weighted by atomic mass is 16.5. The number of ether oxygens (including phenoxy) is 1. The van der Waals surface area contributed by atoms with Crippen LogP contribution in [0, 0.1) is 23.2 Å².